The number of rotatable bonds is 3. The van der Waals surface area contributed by atoms with Crippen LogP contribution < -0.4 is 5.32 Å². The summed E-state index contributed by atoms with van der Waals surface area (Å²) in [6, 6.07) is 0.526. The molecule has 1 N–H and O–H groups in total. The molecule has 0 atom stereocenters. The molecule has 0 spiro atoms. The lowest BCUT2D eigenvalue weighted by Gasteiger charge is -2.37. The second-order valence-corrected chi connectivity index (χ2v) is 6.44. The van der Waals surface area contributed by atoms with Crippen molar-refractivity contribution in [2.24, 2.45) is 5.41 Å². The van der Waals surface area contributed by atoms with E-state index in [1.807, 2.05) is 25.7 Å². The fourth-order valence-electron chi connectivity index (χ4n) is 2.02. The van der Waals surface area contributed by atoms with Crippen LogP contribution in [0.1, 0.15) is 34.6 Å². The molecule has 1 rings (SSSR count). The smallest absolute Gasteiger partial charge is 0.242 e. The molecule has 0 radical (unpaired) electrons. The lowest BCUT2D eigenvalue weighted by molar-refractivity contribution is -0.136. The summed E-state index contributed by atoms with van der Waals surface area (Å²) in [5.41, 5.74) is -0.448. The predicted octanol–water partition coefficient (Wildman–Crippen LogP) is 0.701. The minimum absolute atomic E-state index is 0.0148. The number of nitrogens with zero attached hydrogens (tertiary/aromatic N) is 2. The lowest BCUT2D eigenvalue weighted by atomic mass is 9.96. The molecule has 110 valence electrons. The molecular weight excluding hydrogens is 242 g/mol. The van der Waals surface area contributed by atoms with E-state index >= 15 is 0 Å². The van der Waals surface area contributed by atoms with E-state index in [1.54, 1.807) is 0 Å². The van der Waals surface area contributed by atoms with Crippen LogP contribution in [0.5, 0.6) is 0 Å². The molecule has 1 aliphatic heterocycles. The summed E-state index contributed by atoms with van der Waals surface area (Å²) in [5.74, 6) is -0.0670. The Morgan fingerprint density at radius 1 is 1.11 bits per heavy atom. The zero-order chi connectivity index (χ0) is 14.6. The van der Waals surface area contributed by atoms with Crippen LogP contribution in [0.2, 0.25) is 0 Å². The molecule has 0 aromatic rings. The normalized spacial score (nSPS) is 17.7. The van der Waals surface area contributed by atoms with Gasteiger partial charge in [-0.05, 0) is 13.8 Å². The summed E-state index contributed by atoms with van der Waals surface area (Å²) < 4.78 is 0. The summed E-state index contributed by atoms with van der Waals surface area (Å²) in [5, 5.41) is 2.71. The van der Waals surface area contributed by atoms with E-state index in [0.29, 0.717) is 6.04 Å². The first-order valence-corrected chi connectivity index (χ1v) is 7.02. The second-order valence-electron chi connectivity index (χ2n) is 6.44. The number of hydrogen-bond acceptors (Lipinski definition) is 3. The number of nitrogens with one attached hydrogen (secondary N) is 1. The largest absolute Gasteiger partial charge is 0.347 e. The van der Waals surface area contributed by atoms with Gasteiger partial charge in [0.1, 0.15) is 0 Å². The summed E-state index contributed by atoms with van der Waals surface area (Å²) >= 11 is 0. The van der Waals surface area contributed by atoms with Gasteiger partial charge in [-0.2, -0.15) is 0 Å². The van der Waals surface area contributed by atoms with Crippen LogP contribution in [0.15, 0.2) is 0 Å². The lowest BCUT2D eigenvalue weighted by Crippen LogP contribution is -2.53. The minimum Gasteiger partial charge on any atom is -0.347 e. The van der Waals surface area contributed by atoms with Crippen molar-refractivity contribution < 1.29 is 9.59 Å². The van der Waals surface area contributed by atoms with Crippen molar-refractivity contribution in [3.63, 3.8) is 0 Å². The molecule has 0 aromatic carbocycles. The Balaban J connectivity index is 2.34. The Morgan fingerprint density at radius 3 is 2.05 bits per heavy atom. The number of amides is 2. The zero-order valence-corrected chi connectivity index (χ0v) is 12.8. The second kappa shape index (κ2) is 6.37. The van der Waals surface area contributed by atoms with Crippen molar-refractivity contribution in [2.75, 3.05) is 32.7 Å². The van der Waals surface area contributed by atoms with Gasteiger partial charge in [-0.15, -0.1) is 0 Å². The molecule has 1 fully saturated rings. The SMILES string of the molecule is CC(C)N1CCN(C(=O)CNC(=O)C(C)(C)C)CC1. The van der Waals surface area contributed by atoms with Crippen molar-refractivity contribution in [1.82, 2.24) is 15.1 Å². The quantitative estimate of drug-likeness (QED) is 0.820. The van der Waals surface area contributed by atoms with Crippen molar-refractivity contribution in [3.05, 3.63) is 0 Å². The zero-order valence-electron chi connectivity index (χ0n) is 12.8. The Morgan fingerprint density at radius 2 is 1.63 bits per heavy atom. The van der Waals surface area contributed by atoms with E-state index in [0.717, 1.165) is 26.2 Å². The average molecular weight is 269 g/mol. The van der Waals surface area contributed by atoms with Gasteiger partial charge >= 0.3 is 0 Å². The Hall–Kier alpha value is -1.10. The monoisotopic (exact) mass is 269 g/mol. The number of carbonyl (C=O) groups excluding carboxylic acids is 2. The van der Waals surface area contributed by atoms with Crippen LogP contribution in [0.25, 0.3) is 0 Å². The van der Waals surface area contributed by atoms with Crippen LogP contribution in [0.3, 0.4) is 0 Å². The van der Waals surface area contributed by atoms with Crippen LogP contribution in [0.4, 0.5) is 0 Å². The van der Waals surface area contributed by atoms with Gasteiger partial charge in [0.05, 0.1) is 6.54 Å². The molecule has 0 saturated carbocycles. The van der Waals surface area contributed by atoms with Gasteiger partial charge in [-0.3, -0.25) is 14.5 Å². The van der Waals surface area contributed by atoms with Crippen molar-refractivity contribution >= 4 is 11.8 Å². The minimum atomic E-state index is -0.448. The first-order valence-electron chi connectivity index (χ1n) is 7.02. The highest BCUT2D eigenvalue weighted by Crippen LogP contribution is 2.12. The standard InChI is InChI=1S/C14H27N3O2/c1-11(2)16-6-8-17(9-7-16)12(18)10-15-13(19)14(3,4)5/h11H,6-10H2,1-5H3,(H,15,19). The molecule has 1 saturated heterocycles. The van der Waals surface area contributed by atoms with Gasteiger partial charge in [-0.1, -0.05) is 20.8 Å². The molecular formula is C14H27N3O2. The third-order valence-corrected chi connectivity index (χ3v) is 3.48. The fourth-order valence-corrected chi connectivity index (χ4v) is 2.02. The molecule has 5 heteroatoms. The topological polar surface area (TPSA) is 52.6 Å². The number of piperazine rings is 1. The van der Waals surface area contributed by atoms with E-state index in [-0.39, 0.29) is 18.4 Å². The predicted molar refractivity (Wildman–Crippen MR) is 75.8 cm³/mol. The van der Waals surface area contributed by atoms with Gasteiger partial charge in [0.15, 0.2) is 0 Å². The van der Waals surface area contributed by atoms with E-state index < -0.39 is 5.41 Å². The van der Waals surface area contributed by atoms with Gasteiger partial charge in [0.2, 0.25) is 11.8 Å². The highest BCUT2D eigenvalue weighted by Gasteiger charge is 2.25. The summed E-state index contributed by atoms with van der Waals surface area (Å²) in [6.45, 7) is 13.3. The van der Waals surface area contributed by atoms with Crippen molar-refractivity contribution in [3.8, 4) is 0 Å². The third kappa shape index (κ3) is 4.82. The average Bonchev–Trinajstić information content (AvgIpc) is 2.34. The highest BCUT2D eigenvalue weighted by atomic mass is 16.2. The molecule has 0 unspecified atom stereocenters. The number of hydrogen-bond donors (Lipinski definition) is 1. The van der Waals surface area contributed by atoms with Crippen molar-refractivity contribution in [1.29, 1.82) is 0 Å². The van der Waals surface area contributed by atoms with E-state index in [4.69, 9.17) is 0 Å². The van der Waals surface area contributed by atoms with Gasteiger partial charge in [0, 0.05) is 37.6 Å². The number of carbonyl (C=O) groups is 2. The summed E-state index contributed by atoms with van der Waals surface area (Å²) in [4.78, 5) is 27.9. The summed E-state index contributed by atoms with van der Waals surface area (Å²) in [6.07, 6.45) is 0. The highest BCUT2D eigenvalue weighted by molar-refractivity contribution is 5.87. The summed E-state index contributed by atoms with van der Waals surface area (Å²) in [7, 11) is 0. The van der Waals surface area contributed by atoms with E-state index in [1.165, 1.54) is 0 Å². The van der Waals surface area contributed by atoms with Crippen LogP contribution in [-0.4, -0.2) is 60.4 Å². The molecule has 2 amide bonds. The van der Waals surface area contributed by atoms with Crippen LogP contribution >= 0.6 is 0 Å². The van der Waals surface area contributed by atoms with Gasteiger partial charge in [0.25, 0.3) is 0 Å². The van der Waals surface area contributed by atoms with Crippen LogP contribution in [-0.2, 0) is 9.59 Å². The molecule has 1 aliphatic rings. The fraction of sp³-hybridized carbons (Fsp3) is 0.857. The van der Waals surface area contributed by atoms with E-state index in [9.17, 15) is 9.59 Å². The Labute approximate surface area is 116 Å². The van der Waals surface area contributed by atoms with Crippen LogP contribution in [0, 0.1) is 5.41 Å². The van der Waals surface area contributed by atoms with Crippen molar-refractivity contribution in [2.45, 2.75) is 40.7 Å². The third-order valence-electron chi connectivity index (χ3n) is 3.48. The first kappa shape index (κ1) is 16.0. The Bertz CT molecular complexity index is 326. The maximum Gasteiger partial charge on any atom is 0.242 e. The molecule has 0 aliphatic carbocycles. The van der Waals surface area contributed by atoms with Gasteiger partial charge < -0.3 is 10.2 Å². The maximum atomic E-state index is 12.0. The molecule has 0 aromatic heterocycles. The first-order chi connectivity index (χ1) is 8.71. The molecule has 19 heavy (non-hydrogen) atoms. The molecule has 0 bridgehead atoms. The Kier molecular flexibility index (Phi) is 5.35. The maximum absolute atomic E-state index is 12.0. The van der Waals surface area contributed by atoms with E-state index in [2.05, 4.69) is 24.1 Å². The van der Waals surface area contributed by atoms with Gasteiger partial charge in [-0.25, -0.2) is 0 Å². The molecule has 1 heterocycles. The molecule has 5 nitrogen and oxygen atoms in total.